The van der Waals surface area contributed by atoms with Crippen molar-refractivity contribution in [2.24, 2.45) is 17.8 Å². The zero-order valence-electron chi connectivity index (χ0n) is 6.96. The summed E-state index contributed by atoms with van der Waals surface area (Å²) < 4.78 is 0. The second-order valence-corrected chi connectivity index (χ2v) is 4.18. The Bertz CT molecular complexity index is 153. The normalized spacial score (nSPS) is 41.3. The fourth-order valence-electron chi connectivity index (χ4n) is 3.01. The molecule has 0 radical (unpaired) electrons. The van der Waals surface area contributed by atoms with E-state index in [0.29, 0.717) is 0 Å². The molecule has 0 aromatic rings. The Morgan fingerprint density at radius 1 is 1.27 bits per heavy atom. The van der Waals surface area contributed by atoms with Crippen LogP contribution in [0.5, 0.6) is 0 Å². The molecule has 2 aliphatic rings. The van der Waals surface area contributed by atoms with Gasteiger partial charge in [-0.15, -0.1) is 0 Å². The Kier molecular flexibility index (Phi) is 1.97. The van der Waals surface area contributed by atoms with Crippen molar-refractivity contribution in [3.8, 4) is 0 Å². The maximum Gasteiger partial charge on any atom is 0.120 e. The largest absolute Gasteiger partial charge is 0.303 e. The Morgan fingerprint density at radius 2 is 2.18 bits per heavy atom. The number of carbonyl (C=O) groups is 1. The van der Waals surface area contributed by atoms with Crippen molar-refractivity contribution in [2.45, 2.75) is 38.5 Å². The van der Waals surface area contributed by atoms with Gasteiger partial charge in [0.2, 0.25) is 0 Å². The maximum atomic E-state index is 10.2. The summed E-state index contributed by atoms with van der Waals surface area (Å²) in [5.41, 5.74) is 0. The van der Waals surface area contributed by atoms with Crippen molar-refractivity contribution >= 4 is 6.29 Å². The molecule has 11 heavy (non-hydrogen) atoms. The van der Waals surface area contributed by atoms with Crippen LogP contribution in [-0.4, -0.2) is 6.29 Å². The Labute approximate surface area is 68.2 Å². The molecule has 0 aromatic heterocycles. The van der Waals surface area contributed by atoms with E-state index in [0.717, 1.165) is 30.5 Å². The van der Waals surface area contributed by atoms with Gasteiger partial charge in [-0.05, 0) is 43.4 Å². The molecule has 2 aliphatic carbocycles. The van der Waals surface area contributed by atoms with Crippen LogP contribution in [0.2, 0.25) is 0 Å². The van der Waals surface area contributed by atoms with Crippen LogP contribution in [0.4, 0.5) is 0 Å². The van der Waals surface area contributed by atoms with E-state index in [2.05, 4.69) is 0 Å². The molecule has 62 valence electrons. The van der Waals surface area contributed by atoms with Crippen LogP contribution in [0, 0.1) is 17.8 Å². The molecule has 0 amide bonds. The third-order valence-corrected chi connectivity index (χ3v) is 3.54. The highest BCUT2D eigenvalue weighted by molar-refractivity contribution is 5.49. The summed E-state index contributed by atoms with van der Waals surface area (Å²) in [4.78, 5) is 10.2. The van der Waals surface area contributed by atoms with Gasteiger partial charge in [0, 0.05) is 6.42 Å². The highest BCUT2D eigenvalue weighted by atomic mass is 16.1. The monoisotopic (exact) mass is 152 g/mol. The van der Waals surface area contributed by atoms with Crippen molar-refractivity contribution in [1.82, 2.24) is 0 Å². The lowest BCUT2D eigenvalue weighted by molar-refractivity contribution is -0.108. The van der Waals surface area contributed by atoms with Crippen molar-refractivity contribution in [2.75, 3.05) is 0 Å². The second-order valence-electron chi connectivity index (χ2n) is 4.18. The number of hydrogen-bond donors (Lipinski definition) is 0. The van der Waals surface area contributed by atoms with Gasteiger partial charge in [0.05, 0.1) is 0 Å². The average Bonchev–Trinajstić information content (AvgIpc) is 2.60. The molecule has 0 N–H and O–H groups in total. The minimum absolute atomic E-state index is 0.799. The number of aldehydes is 1. The van der Waals surface area contributed by atoms with E-state index in [1.165, 1.54) is 32.1 Å². The van der Waals surface area contributed by atoms with Gasteiger partial charge in [0.15, 0.2) is 0 Å². The first kappa shape index (κ1) is 7.33. The molecular weight excluding hydrogens is 136 g/mol. The van der Waals surface area contributed by atoms with Crippen molar-refractivity contribution < 1.29 is 4.79 Å². The van der Waals surface area contributed by atoms with Crippen LogP contribution in [0.1, 0.15) is 38.5 Å². The van der Waals surface area contributed by atoms with Crippen LogP contribution < -0.4 is 0 Å². The first-order valence-corrected chi connectivity index (χ1v) is 4.84. The summed E-state index contributed by atoms with van der Waals surface area (Å²) in [5, 5.41) is 0. The second kappa shape index (κ2) is 2.96. The SMILES string of the molecule is O=CCC[C@H]1C[C@H]2CC[C@@H]1C2. The van der Waals surface area contributed by atoms with E-state index in [1.54, 1.807) is 0 Å². The zero-order valence-corrected chi connectivity index (χ0v) is 6.96. The summed E-state index contributed by atoms with van der Waals surface area (Å²) in [6.07, 6.45) is 8.88. The maximum absolute atomic E-state index is 10.2. The first-order chi connectivity index (χ1) is 5.40. The third kappa shape index (κ3) is 1.33. The van der Waals surface area contributed by atoms with Crippen molar-refractivity contribution in [3.05, 3.63) is 0 Å². The van der Waals surface area contributed by atoms with E-state index < -0.39 is 0 Å². The summed E-state index contributed by atoms with van der Waals surface area (Å²) >= 11 is 0. The van der Waals surface area contributed by atoms with Crippen LogP contribution in [0.15, 0.2) is 0 Å². The van der Waals surface area contributed by atoms with Gasteiger partial charge < -0.3 is 4.79 Å². The number of hydrogen-bond acceptors (Lipinski definition) is 1. The summed E-state index contributed by atoms with van der Waals surface area (Å²) in [7, 11) is 0. The van der Waals surface area contributed by atoms with Gasteiger partial charge in [0.1, 0.15) is 6.29 Å². The van der Waals surface area contributed by atoms with Gasteiger partial charge in [0.25, 0.3) is 0 Å². The van der Waals surface area contributed by atoms with E-state index in [1.807, 2.05) is 0 Å². The highest BCUT2D eigenvalue weighted by Gasteiger charge is 2.38. The average molecular weight is 152 g/mol. The molecule has 0 aliphatic heterocycles. The van der Waals surface area contributed by atoms with E-state index in [-0.39, 0.29) is 0 Å². The summed E-state index contributed by atoms with van der Waals surface area (Å²) in [6.45, 7) is 0. The van der Waals surface area contributed by atoms with Gasteiger partial charge >= 0.3 is 0 Å². The molecule has 1 heteroatoms. The van der Waals surface area contributed by atoms with Crippen molar-refractivity contribution in [3.63, 3.8) is 0 Å². The number of fused-ring (bicyclic) bond motifs is 2. The summed E-state index contributed by atoms with van der Waals surface area (Å²) in [6, 6.07) is 0. The molecule has 2 rings (SSSR count). The molecule has 0 heterocycles. The molecule has 2 fully saturated rings. The lowest BCUT2D eigenvalue weighted by Crippen LogP contribution is -2.10. The Morgan fingerprint density at radius 3 is 2.73 bits per heavy atom. The molecule has 2 bridgehead atoms. The predicted octanol–water partition coefficient (Wildman–Crippen LogP) is 2.40. The standard InChI is InChI=1S/C10H16O/c11-5-1-2-9-6-8-3-4-10(9)7-8/h5,8-10H,1-4,6-7H2/t8-,9+,10-/m1/s1. The number of rotatable bonds is 3. The van der Waals surface area contributed by atoms with Crippen LogP contribution in [-0.2, 0) is 4.79 Å². The van der Waals surface area contributed by atoms with Crippen LogP contribution >= 0.6 is 0 Å². The molecule has 0 saturated heterocycles. The molecule has 2 saturated carbocycles. The van der Waals surface area contributed by atoms with E-state index in [9.17, 15) is 4.79 Å². The minimum atomic E-state index is 0.799. The van der Waals surface area contributed by atoms with Gasteiger partial charge in [-0.25, -0.2) is 0 Å². The fourth-order valence-corrected chi connectivity index (χ4v) is 3.01. The Hall–Kier alpha value is -0.330. The highest BCUT2D eigenvalue weighted by Crippen LogP contribution is 2.49. The third-order valence-electron chi connectivity index (χ3n) is 3.54. The molecule has 0 aromatic carbocycles. The minimum Gasteiger partial charge on any atom is -0.303 e. The van der Waals surface area contributed by atoms with Gasteiger partial charge in [-0.3, -0.25) is 0 Å². The van der Waals surface area contributed by atoms with E-state index in [4.69, 9.17) is 0 Å². The molecule has 3 atom stereocenters. The molecule has 0 unspecified atom stereocenters. The summed E-state index contributed by atoms with van der Waals surface area (Å²) in [5.74, 6) is 2.95. The molecule has 0 spiro atoms. The van der Waals surface area contributed by atoms with Gasteiger partial charge in [-0.2, -0.15) is 0 Å². The quantitative estimate of drug-likeness (QED) is 0.567. The van der Waals surface area contributed by atoms with Crippen LogP contribution in [0.25, 0.3) is 0 Å². The topological polar surface area (TPSA) is 17.1 Å². The predicted molar refractivity (Wildman–Crippen MR) is 44.2 cm³/mol. The first-order valence-electron chi connectivity index (χ1n) is 4.84. The lowest BCUT2D eigenvalue weighted by atomic mass is 9.86. The fraction of sp³-hybridized carbons (Fsp3) is 0.900. The smallest absolute Gasteiger partial charge is 0.120 e. The van der Waals surface area contributed by atoms with E-state index >= 15 is 0 Å². The van der Waals surface area contributed by atoms with Crippen LogP contribution in [0.3, 0.4) is 0 Å². The van der Waals surface area contributed by atoms with Gasteiger partial charge in [-0.1, -0.05) is 6.42 Å². The zero-order chi connectivity index (χ0) is 7.68. The molecular formula is C10H16O. The lowest BCUT2D eigenvalue weighted by Gasteiger charge is -2.20. The molecule has 1 nitrogen and oxygen atoms in total. The van der Waals surface area contributed by atoms with Crippen molar-refractivity contribution in [1.29, 1.82) is 0 Å². The number of carbonyl (C=O) groups excluding carboxylic acids is 1. The Balaban J connectivity index is 1.83.